The Labute approximate surface area is 138 Å². The van der Waals surface area contributed by atoms with Gasteiger partial charge in [-0.15, -0.1) is 0 Å². The molecule has 0 heterocycles. The highest BCUT2D eigenvalue weighted by Gasteiger charge is 2.34. The van der Waals surface area contributed by atoms with Crippen molar-refractivity contribution in [2.24, 2.45) is 5.73 Å². The van der Waals surface area contributed by atoms with E-state index in [1.165, 1.54) is 0 Å². The van der Waals surface area contributed by atoms with Crippen LogP contribution in [0.5, 0.6) is 0 Å². The highest BCUT2D eigenvalue weighted by molar-refractivity contribution is 7.90. The average Bonchev–Trinajstić information content (AvgIpc) is 2.51. The summed E-state index contributed by atoms with van der Waals surface area (Å²) < 4.78 is 62.6. The second kappa shape index (κ2) is 6.82. The van der Waals surface area contributed by atoms with Crippen LogP contribution in [0, 0.1) is 0 Å². The third kappa shape index (κ3) is 4.48. The maximum absolute atomic E-state index is 13.2. The number of rotatable bonds is 5. The summed E-state index contributed by atoms with van der Waals surface area (Å²) >= 11 is 0. The third-order valence-corrected chi connectivity index (χ3v) is 4.54. The molecule has 24 heavy (non-hydrogen) atoms. The lowest BCUT2D eigenvalue weighted by Gasteiger charge is -2.16. The molecule has 0 amide bonds. The Balaban J connectivity index is 2.32. The fourth-order valence-electron chi connectivity index (χ4n) is 2.21. The van der Waals surface area contributed by atoms with Gasteiger partial charge in [0.25, 0.3) is 0 Å². The number of hydrogen-bond acceptors (Lipinski definition) is 4. The van der Waals surface area contributed by atoms with Crippen molar-refractivity contribution in [1.82, 2.24) is 0 Å². The molecule has 3 N–H and O–H groups in total. The number of nitrogens with one attached hydrogen (secondary N) is 1. The van der Waals surface area contributed by atoms with Crippen molar-refractivity contribution in [3.63, 3.8) is 0 Å². The van der Waals surface area contributed by atoms with Gasteiger partial charge < -0.3 is 11.1 Å². The summed E-state index contributed by atoms with van der Waals surface area (Å²) in [6.07, 6.45) is -3.80. The summed E-state index contributed by atoms with van der Waals surface area (Å²) in [6, 6.07) is 10.1. The minimum absolute atomic E-state index is 0.162. The van der Waals surface area contributed by atoms with Gasteiger partial charge in [-0.05, 0) is 29.3 Å². The van der Waals surface area contributed by atoms with Gasteiger partial charge in [-0.2, -0.15) is 13.2 Å². The largest absolute Gasteiger partial charge is 0.418 e. The predicted molar refractivity (Wildman–Crippen MR) is 86.2 cm³/mol. The van der Waals surface area contributed by atoms with E-state index in [0.29, 0.717) is 12.6 Å². The molecule has 2 aromatic rings. The maximum Gasteiger partial charge on any atom is 0.418 e. The second-order valence-electron chi connectivity index (χ2n) is 5.35. The van der Waals surface area contributed by atoms with E-state index in [4.69, 9.17) is 5.73 Å². The average molecular weight is 358 g/mol. The number of sulfone groups is 1. The van der Waals surface area contributed by atoms with Gasteiger partial charge in [0.15, 0.2) is 9.84 Å². The lowest BCUT2D eigenvalue weighted by Crippen LogP contribution is -2.12. The number of alkyl halides is 3. The Kier molecular flexibility index (Phi) is 5.19. The molecule has 0 fully saturated rings. The minimum Gasteiger partial charge on any atom is -0.380 e. The summed E-state index contributed by atoms with van der Waals surface area (Å²) in [5.41, 5.74) is 6.00. The Morgan fingerprint density at radius 1 is 1.08 bits per heavy atom. The van der Waals surface area contributed by atoms with Crippen molar-refractivity contribution < 1.29 is 21.6 Å². The molecule has 4 nitrogen and oxygen atoms in total. The molecular formula is C16H17F3N2O2S. The summed E-state index contributed by atoms with van der Waals surface area (Å²) in [7, 11) is -3.72. The quantitative estimate of drug-likeness (QED) is 0.861. The lowest BCUT2D eigenvalue weighted by molar-refractivity contribution is -0.137. The van der Waals surface area contributed by atoms with Crippen molar-refractivity contribution in [3.05, 3.63) is 59.2 Å². The lowest BCUT2D eigenvalue weighted by atomic mass is 10.1. The number of nitrogens with two attached hydrogens (primary N) is 1. The van der Waals surface area contributed by atoms with Crippen LogP contribution >= 0.6 is 0 Å². The number of anilines is 1. The fraction of sp³-hybridized carbons (Fsp3) is 0.250. The second-order valence-corrected chi connectivity index (χ2v) is 7.37. The molecule has 0 saturated heterocycles. The highest BCUT2D eigenvalue weighted by atomic mass is 32.2. The van der Waals surface area contributed by atoms with Crippen molar-refractivity contribution in [2.75, 3.05) is 11.6 Å². The monoisotopic (exact) mass is 358 g/mol. The standard InChI is InChI=1S/C16H17F3N2O2S/c1-24(22,23)13-5-6-15(14(8-13)16(17,18)19)21-10-12-4-2-3-11(7-12)9-20/h2-8,21H,9-10,20H2,1H3. The van der Waals surface area contributed by atoms with E-state index in [-0.39, 0.29) is 17.1 Å². The van der Waals surface area contributed by atoms with E-state index in [1.54, 1.807) is 18.2 Å². The number of halogens is 3. The Morgan fingerprint density at radius 2 is 1.75 bits per heavy atom. The molecule has 130 valence electrons. The van der Waals surface area contributed by atoms with Gasteiger partial charge >= 0.3 is 6.18 Å². The van der Waals surface area contributed by atoms with E-state index in [1.807, 2.05) is 6.07 Å². The van der Waals surface area contributed by atoms with Gasteiger partial charge in [0.2, 0.25) is 0 Å². The minimum atomic E-state index is -4.66. The SMILES string of the molecule is CS(=O)(=O)c1ccc(NCc2cccc(CN)c2)c(C(F)(F)F)c1. The van der Waals surface area contributed by atoms with Crippen LogP contribution < -0.4 is 11.1 Å². The molecule has 8 heteroatoms. The Morgan fingerprint density at radius 3 is 2.33 bits per heavy atom. The molecule has 0 saturated carbocycles. The molecule has 0 aliphatic carbocycles. The van der Waals surface area contributed by atoms with Gasteiger partial charge in [0.05, 0.1) is 10.5 Å². The van der Waals surface area contributed by atoms with Crippen LogP contribution in [0.3, 0.4) is 0 Å². The number of hydrogen-bond donors (Lipinski definition) is 2. The van der Waals surface area contributed by atoms with Crippen LogP contribution in [0.25, 0.3) is 0 Å². The zero-order valence-corrected chi connectivity index (χ0v) is 13.7. The molecule has 2 aromatic carbocycles. The highest BCUT2D eigenvalue weighted by Crippen LogP contribution is 2.36. The zero-order valence-electron chi connectivity index (χ0n) is 12.9. The maximum atomic E-state index is 13.2. The van der Waals surface area contributed by atoms with Crippen LogP contribution in [-0.4, -0.2) is 14.7 Å². The van der Waals surface area contributed by atoms with Crippen LogP contribution in [0.4, 0.5) is 18.9 Å². The van der Waals surface area contributed by atoms with E-state index >= 15 is 0 Å². The first-order chi connectivity index (χ1) is 11.1. The van der Waals surface area contributed by atoms with E-state index < -0.39 is 21.6 Å². The zero-order chi connectivity index (χ0) is 18.0. The fourth-order valence-corrected chi connectivity index (χ4v) is 2.85. The van der Waals surface area contributed by atoms with Crippen LogP contribution in [0.15, 0.2) is 47.4 Å². The number of benzene rings is 2. The van der Waals surface area contributed by atoms with Crippen molar-refractivity contribution >= 4 is 15.5 Å². The first kappa shape index (κ1) is 18.3. The van der Waals surface area contributed by atoms with Crippen molar-refractivity contribution in [1.29, 1.82) is 0 Å². The normalized spacial score (nSPS) is 12.2. The molecular weight excluding hydrogens is 341 g/mol. The van der Waals surface area contributed by atoms with Gasteiger partial charge in [-0.3, -0.25) is 0 Å². The van der Waals surface area contributed by atoms with Gasteiger partial charge in [0.1, 0.15) is 0 Å². The summed E-state index contributed by atoms with van der Waals surface area (Å²) in [5.74, 6) is 0. The summed E-state index contributed by atoms with van der Waals surface area (Å²) in [4.78, 5) is -0.370. The smallest absolute Gasteiger partial charge is 0.380 e. The van der Waals surface area contributed by atoms with Crippen molar-refractivity contribution in [3.8, 4) is 0 Å². The van der Waals surface area contributed by atoms with Gasteiger partial charge in [-0.1, -0.05) is 24.3 Å². The van der Waals surface area contributed by atoms with E-state index in [9.17, 15) is 21.6 Å². The topological polar surface area (TPSA) is 72.2 Å². The molecule has 0 aromatic heterocycles. The van der Waals surface area contributed by atoms with Crippen LogP contribution in [0.1, 0.15) is 16.7 Å². The van der Waals surface area contributed by atoms with Crippen LogP contribution in [0.2, 0.25) is 0 Å². The van der Waals surface area contributed by atoms with E-state index in [0.717, 1.165) is 29.5 Å². The molecule has 0 bridgehead atoms. The molecule has 0 radical (unpaired) electrons. The predicted octanol–water partition coefficient (Wildman–Crippen LogP) is 3.18. The Bertz CT molecular complexity index is 833. The van der Waals surface area contributed by atoms with E-state index in [2.05, 4.69) is 5.32 Å². The molecule has 0 aliphatic heterocycles. The Hall–Kier alpha value is -2.06. The summed E-state index contributed by atoms with van der Waals surface area (Å²) in [6.45, 7) is 0.500. The summed E-state index contributed by atoms with van der Waals surface area (Å²) in [5, 5.41) is 2.71. The molecule has 0 aliphatic rings. The van der Waals surface area contributed by atoms with Crippen LogP contribution in [-0.2, 0) is 29.1 Å². The third-order valence-electron chi connectivity index (χ3n) is 3.43. The molecule has 2 rings (SSSR count). The van der Waals surface area contributed by atoms with Gasteiger partial charge in [-0.25, -0.2) is 8.42 Å². The van der Waals surface area contributed by atoms with Crippen molar-refractivity contribution in [2.45, 2.75) is 24.2 Å². The molecule has 0 atom stereocenters. The first-order valence-electron chi connectivity index (χ1n) is 7.04. The first-order valence-corrected chi connectivity index (χ1v) is 8.93. The molecule has 0 spiro atoms. The van der Waals surface area contributed by atoms with Gasteiger partial charge in [0, 0.05) is 25.0 Å². The molecule has 0 unspecified atom stereocenters.